The summed E-state index contributed by atoms with van der Waals surface area (Å²) in [7, 11) is 3.32. The normalized spacial score (nSPS) is 12.0. The van der Waals surface area contributed by atoms with Gasteiger partial charge < -0.3 is 14.8 Å². The molecule has 2 rings (SSSR count). The number of hydrogen-bond acceptors (Lipinski definition) is 6. The van der Waals surface area contributed by atoms with Crippen molar-refractivity contribution >= 4 is 16.5 Å². The van der Waals surface area contributed by atoms with E-state index in [1.165, 1.54) is 0 Å². The van der Waals surface area contributed by atoms with Gasteiger partial charge in [0.05, 0.1) is 20.3 Å². The van der Waals surface area contributed by atoms with E-state index >= 15 is 0 Å². The number of nitrogens with one attached hydrogen (secondary N) is 1. The minimum absolute atomic E-state index is 0.0534. The topological polar surface area (TPSA) is 56.3 Å². The zero-order chi connectivity index (χ0) is 14.5. The number of methoxy groups -OCH3 is 2. The molecule has 0 spiro atoms. The van der Waals surface area contributed by atoms with Gasteiger partial charge in [0.25, 0.3) is 0 Å². The lowest BCUT2D eigenvalue weighted by molar-refractivity contribution is 0.397. The molecule has 0 fully saturated rings. The molecule has 1 aromatic carbocycles. The molecule has 1 unspecified atom stereocenters. The molecule has 0 amide bonds. The molecular weight excluding hydrogens is 274 g/mol. The van der Waals surface area contributed by atoms with Crippen LogP contribution in [0.5, 0.6) is 11.5 Å². The van der Waals surface area contributed by atoms with Crippen LogP contribution in [-0.2, 0) is 6.42 Å². The van der Waals surface area contributed by atoms with Gasteiger partial charge in [-0.15, -0.1) is 10.2 Å². The van der Waals surface area contributed by atoms with Crippen molar-refractivity contribution in [2.75, 3.05) is 19.5 Å². The fourth-order valence-electron chi connectivity index (χ4n) is 1.90. The number of benzene rings is 1. The molecule has 5 nitrogen and oxygen atoms in total. The molecular formula is C14H19N3O2S. The standard InChI is InChI=1S/C14H19N3O2S/c1-5-13-16-17-14(20-13)15-9(2)11-8-10(18-3)6-7-12(11)19-4/h6-9H,5H2,1-4H3,(H,15,17). The van der Waals surface area contributed by atoms with Crippen molar-refractivity contribution in [3.8, 4) is 11.5 Å². The van der Waals surface area contributed by atoms with E-state index in [9.17, 15) is 0 Å². The fraction of sp³-hybridized carbons (Fsp3) is 0.429. The highest BCUT2D eigenvalue weighted by molar-refractivity contribution is 7.15. The van der Waals surface area contributed by atoms with Crippen LogP contribution in [0.2, 0.25) is 0 Å². The van der Waals surface area contributed by atoms with Gasteiger partial charge in [-0.05, 0) is 31.5 Å². The SMILES string of the molecule is CCc1nnc(NC(C)c2cc(OC)ccc2OC)s1. The van der Waals surface area contributed by atoms with Gasteiger partial charge in [-0.2, -0.15) is 0 Å². The van der Waals surface area contributed by atoms with Crippen molar-refractivity contribution < 1.29 is 9.47 Å². The molecule has 0 saturated heterocycles. The van der Waals surface area contributed by atoms with Crippen LogP contribution >= 0.6 is 11.3 Å². The number of rotatable bonds is 6. The van der Waals surface area contributed by atoms with Crippen LogP contribution in [0.3, 0.4) is 0 Å². The molecule has 1 aromatic heterocycles. The molecule has 0 aliphatic heterocycles. The van der Waals surface area contributed by atoms with E-state index in [0.717, 1.165) is 33.6 Å². The van der Waals surface area contributed by atoms with Crippen molar-refractivity contribution in [2.24, 2.45) is 0 Å². The molecule has 1 heterocycles. The van der Waals surface area contributed by atoms with E-state index in [0.29, 0.717) is 0 Å². The monoisotopic (exact) mass is 293 g/mol. The van der Waals surface area contributed by atoms with Crippen LogP contribution in [0.4, 0.5) is 5.13 Å². The number of anilines is 1. The Hall–Kier alpha value is -1.82. The Labute approximate surface area is 123 Å². The van der Waals surface area contributed by atoms with Crippen LogP contribution in [0, 0.1) is 0 Å². The number of nitrogens with zero attached hydrogens (tertiary/aromatic N) is 2. The van der Waals surface area contributed by atoms with E-state index in [2.05, 4.69) is 29.4 Å². The predicted octanol–water partition coefficient (Wildman–Crippen LogP) is 3.29. The quantitative estimate of drug-likeness (QED) is 0.885. The van der Waals surface area contributed by atoms with E-state index in [1.807, 2.05) is 18.2 Å². The maximum Gasteiger partial charge on any atom is 0.206 e. The van der Waals surface area contributed by atoms with Gasteiger partial charge >= 0.3 is 0 Å². The molecule has 1 N–H and O–H groups in total. The van der Waals surface area contributed by atoms with E-state index in [-0.39, 0.29) is 6.04 Å². The van der Waals surface area contributed by atoms with Crippen molar-refractivity contribution in [1.29, 1.82) is 0 Å². The molecule has 0 aliphatic carbocycles. The Morgan fingerprint density at radius 3 is 2.65 bits per heavy atom. The number of hydrogen-bond donors (Lipinski definition) is 1. The third-order valence-corrected chi connectivity index (χ3v) is 4.01. The predicted molar refractivity (Wildman–Crippen MR) is 80.9 cm³/mol. The van der Waals surface area contributed by atoms with Gasteiger partial charge in [-0.3, -0.25) is 0 Å². The van der Waals surface area contributed by atoms with Gasteiger partial charge in [0.15, 0.2) is 0 Å². The zero-order valence-corrected chi connectivity index (χ0v) is 13.0. The lowest BCUT2D eigenvalue weighted by Gasteiger charge is -2.17. The Kier molecular flexibility index (Phi) is 4.79. The third kappa shape index (κ3) is 3.19. The number of ether oxygens (including phenoxy) is 2. The van der Waals surface area contributed by atoms with Crippen molar-refractivity contribution in [2.45, 2.75) is 26.3 Å². The van der Waals surface area contributed by atoms with Crippen LogP contribution in [0.25, 0.3) is 0 Å². The first-order chi connectivity index (χ1) is 9.67. The molecule has 20 heavy (non-hydrogen) atoms. The van der Waals surface area contributed by atoms with Crippen molar-refractivity contribution in [3.63, 3.8) is 0 Å². The molecule has 0 aliphatic rings. The van der Waals surface area contributed by atoms with Gasteiger partial charge in [-0.25, -0.2) is 0 Å². The Morgan fingerprint density at radius 1 is 1.25 bits per heavy atom. The summed E-state index contributed by atoms with van der Waals surface area (Å²) in [6, 6.07) is 5.81. The highest BCUT2D eigenvalue weighted by Gasteiger charge is 2.14. The highest BCUT2D eigenvalue weighted by atomic mass is 32.1. The fourth-order valence-corrected chi connectivity index (χ4v) is 2.66. The first-order valence-electron chi connectivity index (χ1n) is 6.48. The third-order valence-electron chi connectivity index (χ3n) is 3.01. The summed E-state index contributed by atoms with van der Waals surface area (Å²) in [5, 5.41) is 13.4. The minimum atomic E-state index is 0.0534. The minimum Gasteiger partial charge on any atom is -0.497 e. The van der Waals surface area contributed by atoms with Crippen molar-refractivity contribution in [3.05, 3.63) is 28.8 Å². The second kappa shape index (κ2) is 6.56. The van der Waals surface area contributed by atoms with Gasteiger partial charge in [0.1, 0.15) is 16.5 Å². The molecule has 0 saturated carbocycles. The second-order valence-corrected chi connectivity index (χ2v) is 5.39. The lowest BCUT2D eigenvalue weighted by Crippen LogP contribution is -2.08. The molecule has 1 atom stereocenters. The summed E-state index contributed by atoms with van der Waals surface area (Å²) in [6.45, 7) is 4.13. The summed E-state index contributed by atoms with van der Waals surface area (Å²) in [5.41, 5.74) is 1.03. The van der Waals surface area contributed by atoms with Gasteiger partial charge in [0, 0.05) is 5.56 Å². The summed E-state index contributed by atoms with van der Waals surface area (Å²) in [4.78, 5) is 0. The lowest BCUT2D eigenvalue weighted by atomic mass is 10.1. The largest absolute Gasteiger partial charge is 0.497 e. The molecule has 0 radical (unpaired) electrons. The van der Waals surface area contributed by atoms with Crippen LogP contribution in [0.1, 0.15) is 30.5 Å². The molecule has 108 valence electrons. The molecule has 2 aromatic rings. The van der Waals surface area contributed by atoms with E-state index < -0.39 is 0 Å². The summed E-state index contributed by atoms with van der Waals surface area (Å²) in [5.74, 6) is 1.63. The molecule has 6 heteroatoms. The number of aromatic nitrogens is 2. The average Bonchev–Trinajstić information content (AvgIpc) is 2.94. The Morgan fingerprint density at radius 2 is 2.05 bits per heavy atom. The summed E-state index contributed by atoms with van der Waals surface area (Å²) in [6.07, 6.45) is 0.899. The van der Waals surface area contributed by atoms with E-state index in [1.54, 1.807) is 25.6 Å². The van der Waals surface area contributed by atoms with Crippen LogP contribution in [-0.4, -0.2) is 24.4 Å². The van der Waals surface area contributed by atoms with Gasteiger partial charge in [0.2, 0.25) is 5.13 Å². The van der Waals surface area contributed by atoms with Crippen molar-refractivity contribution in [1.82, 2.24) is 10.2 Å². The maximum absolute atomic E-state index is 5.40. The zero-order valence-electron chi connectivity index (χ0n) is 12.1. The Balaban J connectivity index is 2.20. The first-order valence-corrected chi connectivity index (χ1v) is 7.30. The Bertz CT molecular complexity index is 571. The van der Waals surface area contributed by atoms with E-state index in [4.69, 9.17) is 9.47 Å². The van der Waals surface area contributed by atoms with Gasteiger partial charge in [-0.1, -0.05) is 18.3 Å². The van der Waals surface area contributed by atoms with Crippen LogP contribution in [0.15, 0.2) is 18.2 Å². The average molecular weight is 293 g/mol. The van der Waals surface area contributed by atoms with Crippen LogP contribution < -0.4 is 14.8 Å². The smallest absolute Gasteiger partial charge is 0.206 e. The maximum atomic E-state index is 5.40. The second-order valence-electron chi connectivity index (χ2n) is 4.33. The summed E-state index contributed by atoms with van der Waals surface area (Å²) >= 11 is 1.57. The highest BCUT2D eigenvalue weighted by Crippen LogP contribution is 2.31. The summed E-state index contributed by atoms with van der Waals surface area (Å²) < 4.78 is 10.7. The number of aryl methyl sites for hydroxylation is 1. The molecule has 0 bridgehead atoms. The first kappa shape index (κ1) is 14.6.